The monoisotopic (exact) mass is 283 g/mol. The molecule has 0 unspecified atom stereocenters. The molecule has 0 fully saturated rings. The summed E-state index contributed by atoms with van der Waals surface area (Å²) in [6.45, 7) is 3.10. The largest absolute Gasteiger partial charge is 0.369 e. The normalized spacial score (nSPS) is 10.8. The minimum Gasteiger partial charge on any atom is -0.369 e. The highest BCUT2D eigenvalue weighted by atomic mass is 19.1. The Hall–Kier alpha value is -2.02. The van der Waals surface area contributed by atoms with Gasteiger partial charge in [-0.05, 0) is 24.6 Å². The first-order valence-electron chi connectivity index (χ1n) is 6.37. The number of nitrogens with zero attached hydrogens (tertiary/aromatic N) is 2. The van der Waals surface area contributed by atoms with Gasteiger partial charge in [-0.3, -0.25) is 19.8 Å². The highest BCUT2D eigenvalue weighted by molar-refractivity contribution is 5.75. The van der Waals surface area contributed by atoms with Gasteiger partial charge < -0.3 is 5.73 Å². The van der Waals surface area contributed by atoms with Crippen LogP contribution in [0.5, 0.6) is 0 Å². The number of carbonyl (C=O) groups is 1. The molecule has 0 radical (unpaired) electrons. The first kappa shape index (κ1) is 16.0. The molecule has 1 aromatic carbocycles. The van der Waals surface area contributed by atoms with Crippen molar-refractivity contribution in [3.63, 3.8) is 0 Å². The van der Waals surface area contributed by atoms with E-state index in [1.807, 2.05) is 6.92 Å². The average molecular weight is 283 g/mol. The van der Waals surface area contributed by atoms with Crippen molar-refractivity contribution in [1.82, 2.24) is 4.90 Å². The van der Waals surface area contributed by atoms with Crippen molar-refractivity contribution < 1.29 is 14.1 Å². The molecule has 1 rings (SSSR count). The van der Waals surface area contributed by atoms with E-state index in [1.54, 1.807) is 4.90 Å². The van der Waals surface area contributed by atoms with E-state index in [1.165, 1.54) is 6.07 Å². The third-order valence-electron chi connectivity index (χ3n) is 2.82. The summed E-state index contributed by atoms with van der Waals surface area (Å²) in [6.07, 6.45) is 1.85. The topological polar surface area (TPSA) is 89.5 Å². The van der Waals surface area contributed by atoms with Gasteiger partial charge in [-0.1, -0.05) is 19.4 Å². The number of hydrogen-bond donors (Lipinski definition) is 1. The molecule has 0 atom stereocenters. The molecule has 0 heterocycles. The summed E-state index contributed by atoms with van der Waals surface area (Å²) >= 11 is 0. The van der Waals surface area contributed by atoms with Gasteiger partial charge >= 0.3 is 5.69 Å². The van der Waals surface area contributed by atoms with Crippen LogP contribution in [0.25, 0.3) is 0 Å². The molecule has 0 spiro atoms. The molecule has 110 valence electrons. The van der Waals surface area contributed by atoms with Crippen LogP contribution >= 0.6 is 0 Å². The fraction of sp³-hybridized carbons (Fsp3) is 0.462. The molecule has 0 aliphatic carbocycles. The molecule has 0 aliphatic heterocycles. The van der Waals surface area contributed by atoms with Crippen molar-refractivity contribution >= 4 is 11.6 Å². The Kier molecular flexibility index (Phi) is 6.05. The zero-order valence-electron chi connectivity index (χ0n) is 11.3. The summed E-state index contributed by atoms with van der Waals surface area (Å²) in [4.78, 5) is 22.6. The first-order valence-corrected chi connectivity index (χ1v) is 6.37. The first-order chi connectivity index (χ1) is 9.43. The zero-order chi connectivity index (χ0) is 15.1. The molecule has 0 bridgehead atoms. The number of nitro groups is 1. The summed E-state index contributed by atoms with van der Waals surface area (Å²) in [7, 11) is 0. The van der Waals surface area contributed by atoms with Crippen LogP contribution < -0.4 is 5.73 Å². The van der Waals surface area contributed by atoms with Crippen LogP contribution in [0.4, 0.5) is 10.1 Å². The van der Waals surface area contributed by atoms with Crippen molar-refractivity contribution in [1.29, 1.82) is 0 Å². The van der Waals surface area contributed by atoms with Crippen LogP contribution in [0.3, 0.4) is 0 Å². The number of primary amides is 1. The predicted octanol–water partition coefficient (Wildman–Crippen LogP) is 1.82. The average Bonchev–Trinajstić information content (AvgIpc) is 2.35. The van der Waals surface area contributed by atoms with Gasteiger partial charge in [0.25, 0.3) is 0 Å². The summed E-state index contributed by atoms with van der Waals surface area (Å²) < 4.78 is 13.5. The van der Waals surface area contributed by atoms with Crippen LogP contribution in [-0.4, -0.2) is 28.8 Å². The number of benzene rings is 1. The van der Waals surface area contributed by atoms with Gasteiger partial charge in [0.15, 0.2) is 0 Å². The van der Waals surface area contributed by atoms with Gasteiger partial charge in [0, 0.05) is 12.6 Å². The van der Waals surface area contributed by atoms with E-state index in [9.17, 15) is 19.3 Å². The number of hydrogen-bond acceptors (Lipinski definition) is 4. The van der Waals surface area contributed by atoms with E-state index in [2.05, 4.69) is 0 Å². The number of nitrogens with two attached hydrogens (primary N) is 1. The maximum absolute atomic E-state index is 13.5. The summed E-state index contributed by atoms with van der Waals surface area (Å²) in [5.41, 5.74) is 5.19. The van der Waals surface area contributed by atoms with Gasteiger partial charge in [0.05, 0.1) is 11.5 Å². The van der Waals surface area contributed by atoms with Gasteiger partial charge in [0.2, 0.25) is 11.7 Å². The second kappa shape index (κ2) is 7.54. The smallest absolute Gasteiger partial charge is 0.304 e. The second-order valence-electron chi connectivity index (χ2n) is 4.57. The van der Waals surface area contributed by atoms with Crippen molar-refractivity contribution in [2.45, 2.75) is 26.3 Å². The Morgan fingerprint density at radius 1 is 1.50 bits per heavy atom. The molecule has 0 aliphatic rings. The van der Waals surface area contributed by atoms with Crippen LogP contribution in [0.1, 0.15) is 25.3 Å². The van der Waals surface area contributed by atoms with Gasteiger partial charge in [-0.2, -0.15) is 4.39 Å². The third-order valence-corrected chi connectivity index (χ3v) is 2.82. The van der Waals surface area contributed by atoms with Gasteiger partial charge in [0.1, 0.15) is 0 Å². The highest BCUT2D eigenvalue weighted by Gasteiger charge is 2.15. The standard InChI is InChI=1S/C13H18FN3O3/c1-2-3-6-16(9-13(15)18)8-10-4-5-12(17(19)20)11(14)7-10/h4-5,7H,2-3,6,8-9H2,1H3,(H2,15,18). The van der Waals surface area contributed by atoms with Crippen molar-refractivity contribution in [2.24, 2.45) is 5.73 Å². The molecule has 0 saturated heterocycles. The third kappa shape index (κ3) is 4.93. The quantitative estimate of drug-likeness (QED) is 0.582. The Balaban J connectivity index is 2.79. The zero-order valence-corrected chi connectivity index (χ0v) is 11.3. The second-order valence-corrected chi connectivity index (χ2v) is 4.57. The molecular weight excluding hydrogens is 265 g/mol. The van der Waals surface area contributed by atoms with E-state index in [4.69, 9.17) is 5.73 Å². The molecule has 20 heavy (non-hydrogen) atoms. The maximum atomic E-state index is 13.5. The summed E-state index contributed by atoms with van der Waals surface area (Å²) in [5, 5.41) is 10.5. The van der Waals surface area contributed by atoms with Crippen molar-refractivity contribution in [3.8, 4) is 0 Å². The number of amides is 1. The van der Waals surface area contributed by atoms with Crippen LogP contribution in [0.15, 0.2) is 18.2 Å². The van der Waals surface area contributed by atoms with Gasteiger partial charge in [-0.15, -0.1) is 0 Å². The minimum atomic E-state index is -0.873. The summed E-state index contributed by atoms with van der Waals surface area (Å²) in [6, 6.07) is 3.74. The lowest BCUT2D eigenvalue weighted by Gasteiger charge is -2.20. The van der Waals surface area contributed by atoms with E-state index < -0.39 is 22.3 Å². The molecule has 1 aromatic rings. The lowest BCUT2D eigenvalue weighted by atomic mass is 10.1. The Labute approximate surface area is 116 Å². The fourth-order valence-electron chi connectivity index (χ4n) is 1.87. The summed E-state index contributed by atoms with van der Waals surface area (Å²) in [5.74, 6) is -1.33. The number of halogens is 1. The van der Waals surface area contributed by atoms with Crippen LogP contribution in [-0.2, 0) is 11.3 Å². The van der Waals surface area contributed by atoms with E-state index in [0.29, 0.717) is 18.7 Å². The van der Waals surface area contributed by atoms with E-state index >= 15 is 0 Å². The van der Waals surface area contributed by atoms with Crippen molar-refractivity contribution in [2.75, 3.05) is 13.1 Å². The highest BCUT2D eigenvalue weighted by Crippen LogP contribution is 2.19. The Morgan fingerprint density at radius 3 is 2.70 bits per heavy atom. The lowest BCUT2D eigenvalue weighted by molar-refractivity contribution is -0.387. The van der Waals surface area contributed by atoms with Crippen LogP contribution in [0, 0.1) is 15.9 Å². The number of unbranched alkanes of at least 4 members (excludes halogenated alkanes) is 1. The predicted molar refractivity (Wildman–Crippen MR) is 72.4 cm³/mol. The SMILES string of the molecule is CCCCN(CC(N)=O)Cc1ccc([N+](=O)[O-])c(F)c1. The Morgan fingerprint density at radius 2 is 2.20 bits per heavy atom. The van der Waals surface area contributed by atoms with Crippen molar-refractivity contribution in [3.05, 3.63) is 39.7 Å². The minimum absolute atomic E-state index is 0.0820. The molecule has 0 saturated carbocycles. The molecule has 0 aromatic heterocycles. The molecule has 6 nitrogen and oxygen atoms in total. The van der Waals surface area contributed by atoms with E-state index in [-0.39, 0.29) is 6.54 Å². The molecular formula is C13H18FN3O3. The lowest BCUT2D eigenvalue weighted by Crippen LogP contribution is -2.34. The molecule has 7 heteroatoms. The number of nitro benzene ring substituents is 1. The van der Waals surface area contributed by atoms with E-state index in [0.717, 1.165) is 25.0 Å². The van der Waals surface area contributed by atoms with Gasteiger partial charge in [-0.25, -0.2) is 0 Å². The maximum Gasteiger partial charge on any atom is 0.304 e. The number of carbonyl (C=O) groups excluding carboxylic acids is 1. The Bertz CT molecular complexity index is 494. The molecule has 1 amide bonds. The van der Waals surface area contributed by atoms with Crippen LogP contribution in [0.2, 0.25) is 0 Å². The fourth-order valence-corrected chi connectivity index (χ4v) is 1.87. The number of rotatable bonds is 8. The molecule has 2 N–H and O–H groups in total.